The molecule has 7 heteroatoms. The lowest BCUT2D eigenvalue weighted by Crippen LogP contribution is -2.25. The second kappa shape index (κ2) is 5.46. The van der Waals surface area contributed by atoms with Gasteiger partial charge in [0, 0.05) is 10.5 Å². The number of benzene rings is 2. The molecule has 3 rings (SSSR count). The van der Waals surface area contributed by atoms with E-state index in [9.17, 15) is 4.79 Å². The van der Waals surface area contributed by atoms with Crippen LogP contribution in [0.2, 0.25) is 5.02 Å². The number of anilines is 4. The van der Waals surface area contributed by atoms with E-state index in [2.05, 4.69) is 26.6 Å². The molecule has 2 aromatic carbocycles. The number of ether oxygens (including phenoxy) is 1. The van der Waals surface area contributed by atoms with Gasteiger partial charge < -0.3 is 21.1 Å². The first kappa shape index (κ1) is 14.0. The average molecular weight is 369 g/mol. The Morgan fingerprint density at radius 1 is 1.29 bits per heavy atom. The zero-order valence-electron chi connectivity index (χ0n) is 10.7. The number of hydrogen-bond donors (Lipinski definition) is 3. The molecule has 21 heavy (non-hydrogen) atoms. The summed E-state index contributed by atoms with van der Waals surface area (Å²) in [5.41, 5.74) is 8.44. The van der Waals surface area contributed by atoms with Crippen LogP contribution in [0.5, 0.6) is 5.75 Å². The summed E-state index contributed by atoms with van der Waals surface area (Å²) in [6.07, 6.45) is 0. The van der Waals surface area contributed by atoms with Crippen LogP contribution in [0, 0.1) is 0 Å². The van der Waals surface area contributed by atoms with Gasteiger partial charge in [0.1, 0.15) is 5.75 Å². The third-order valence-corrected chi connectivity index (χ3v) is 3.79. The van der Waals surface area contributed by atoms with Crippen LogP contribution < -0.4 is 21.1 Å². The van der Waals surface area contributed by atoms with Crippen molar-refractivity contribution in [1.82, 2.24) is 0 Å². The maximum absolute atomic E-state index is 11.4. The summed E-state index contributed by atoms with van der Waals surface area (Å²) in [7, 11) is 0. The second-order valence-corrected chi connectivity index (χ2v) is 5.84. The number of fused-ring (bicyclic) bond motifs is 1. The van der Waals surface area contributed by atoms with Crippen molar-refractivity contribution in [3.8, 4) is 5.75 Å². The molecule has 1 aliphatic rings. The normalized spacial score (nSPS) is 13.1. The van der Waals surface area contributed by atoms with Gasteiger partial charge in [0.25, 0.3) is 5.91 Å². The highest BCUT2D eigenvalue weighted by Gasteiger charge is 2.18. The standard InChI is InChI=1S/C14H11BrClN3O2/c15-7-1-2-10(8(16)3-7)18-11-5-12-13(4-9(11)17)21-6-14(20)19-12/h1-5,18H,6,17H2,(H,19,20). The highest BCUT2D eigenvalue weighted by atomic mass is 79.9. The van der Waals surface area contributed by atoms with E-state index in [1.807, 2.05) is 12.1 Å². The van der Waals surface area contributed by atoms with E-state index < -0.39 is 0 Å². The van der Waals surface area contributed by atoms with Crippen molar-refractivity contribution in [1.29, 1.82) is 0 Å². The van der Waals surface area contributed by atoms with Gasteiger partial charge in [0.2, 0.25) is 0 Å². The molecule has 0 aliphatic carbocycles. The van der Waals surface area contributed by atoms with E-state index in [0.29, 0.717) is 27.8 Å². The Hall–Kier alpha value is -1.92. The lowest BCUT2D eigenvalue weighted by Gasteiger charge is -2.20. The van der Waals surface area contributed by atoms with Crippen molar-refractivity contribution >= 4 is 56.2 Å². The quantitative estimate of drug-likeness (QED) is 0.706. The van der Waals surface area contributed by atoms with Crippen LogP contribution in [0.4, 0.5) is 22.7 Å². The van der Waals surface area contributed by atoms with E-state index in [0.717, 1.165) is 10.2 Å². The summed E-state index contributed by atoms with van der Waals surface area (Å²) in [5, 5.41) is 6.44. The molecule has 1 heterocycles. The molecular weight excluding hydrogens is 358 g/mol. The maximum Gasteiger partial charge on any atom is 0.262 e. The molecule has 0 aromatic heterocycles. The SMILES string of the molecule is Nc1cc2c(cc1Nc1ccc(Br)cc1Cl)NC(=O)CO2. The van der Waals surface area contributed by atoms with Gasteiger partial charge in [-0.3, -0.25) is 4.79 Å². The predicted octanol–water partition coefficient (Wildman–Crippen LogP) is 3.76. The largest absolute Gasteiger partial charge is 0.482 e. The number of nitrogen functional groups attached to an aromatic ring is 1. The van der Waals surface area contributed by atoms with Crippen LogP contribution in [0.25, 0.3) is 0 Å². The highest BCUT2D eigenvalue weighted by Crippen LogP contribution is 2.37. The fraction of sp³-hybridized carbons (Fsp3) is 0.0714. The van der Waals surface area contributed by atoms with Gasteiger partial charge in [-0.1, -0.05) is 27.5 Å². The summed E-state index contributed by atoms with van der Waals surface area (Å²) in [6, 6.07) is 8.88. The average Bonchev–Trinajstić information content (AvgIpc) is 2.43. The van der Waals surface area contributed by atoms with Crippen LogP contribution in [0.1, 0.15) is 0 Å². The Morgan fingerprint density at radius 2 is 2.10 bits per heavy atom. The number of nitrogens with one attached hydrogen (secondary N) is 2. The number of halogens is 2. The fourth-order valence-electron chi connectivity index (χ4n) is 1.99. The monoisotopic (exact) mass is 367 g/mol. The summed E-state index contributed by atoms with van der Waals surface area (Å²) < 4.78 is 6.20. The number of nitrogens with two attached hydrogens (primary N) is 1. The molecule has 5 nitrogen and oxygen atoms in total. The van der Waals surface area contributed by atoms with Crippen LogP contribution in [-0.2, 0) is 4.79 Å². The van der Waals surface area contributed by atoms with E-state index in [1.165, 1.54) is 0 Å². The number of rotatable bonds is 2. The van der Waals surface area contributed by atoms with Crippen LogP contribution in [0.15, 0.2) is 34.8 Å². The number of carbonyl (C=O) groups excluding carboxylic acids is 1. The fourth-order valence-corrected chi connectivity index (χ4v) is 2.71. The minimum atomic E-state index is -0.195. The summed E-state index contributed by atoms with van der Waals surface area (Å²) in [4.78, 5) is 11.4. The molecule has 1 amide bonds. The summed E-state index contributed by atoms with van der Waals surface area (Å²) in [5.74, 6) is 0.361. The van der Waals surface area contributed by atoms with Gasteiger partial charge in [-0.2, -0.15) is 0 Å². The minimum Gasteiger partial charge on any atom is -0.482 e. The van der Waals surface area contributed by atoms with Crippen molar-refractivity contribution in [2.24, 2.45) is 0 Å². The highest BCUT2D eigenvalue weighted by molar-refractivity contribution is 9.10. The maximum atomic E-state index is 11.4. The molecule has 0 saturated carbocycles. The van der Waals surface area contributed by atoms with Gasteiger partial charge in [0.05, 0.1) is 27.8 Å². The smallest absolute Gasteiger partial charge is 0.262 e. The zero-order valence-corrected chi connectivity index (χ0v) is 13.1. The number of carbonyl (C=O) groups is 1. The van der Waals surface area contributed by atoms with Gasteiger partial charge in [-0.05, 0) is 24.3 Å². The molecule has 4 N–H and O–H groups in total. The number of hydrogen-bond acceptors (Lipinski definition) is 4. The molecule has 0 spiro atoms. The predicted molar refractivity (Wildman–Crippen MR) is 87.4 cm³/mol. The minimum absolute atomic E-state index is 0.00223. The molecule has 0 saturated heterocycles. The molecule has 0 radical (unpaired) electrons. The van der Waals surface area contributed by atoms with Crippen molar-refractivity contribution in [2.45, 2.75) is 0 Å². The molecule has 108 valence electrons. The van der Waals surface area contributed by atoms with E-state index in [1.54, 1.807) is 18.2 Å². The van der Waals surface area contributed by atoms with Gasteiger partial charge in [-0.25, -0.2) is 0 Å². The van der Waals surface area contributed by atoms with E-state index in [-0.39, 0.29) is 12.5 Å². The molecule has 2 aromatic rings. The third kappa shape index (κ3) is 2.91. The molecule has 0 unspecified atom stereocenters. The van der Waals surface area contributed by atoms with Crippen LogP contribution in [-0.4, -0.2) is 12.5 Å². The molecule has 0 fully saturated rings. The lowest BCUT2D eigenvalue weighted by atomic mass is 10.2. The molecule has 0 bridgehead atoms. The Kier molecular flexibility index (Phi) is 3.65. The Bertz CT molecular complexity index is 736. The second-order valence-electron chi connectivity index (χ2n) is 4.52. The summed E-state index contributed by atoms with van der Waals surface area (Å²) in [6.45, 7) is -0.00223. The van der Waals surface area contributed by atoms with Gasteiger partial charge >= 0.3 is 0 Å². The van der Waals surface area contributed by atoms with Crippen molar-refractivity contribution in [3.05, 3.63) is 39.8 Å². The molecule has 1 aliphatic heterocycles. The van der Waals surface area contributed by atoms with E-state index >= 15 is 0 Å². The van der Waals surface area contributed by atoms with Crippen molar-refractivity contribution < 1.29 is 9.53 Å². The van der Waals surface area contributed by atoms with Crippen LogP contribution >= 0.6 is 27.5 Å². The van der Waals surface area contributed by atoms with Crippen molar-refractivity contribution in [3.63, 3.8) is 0 Å². The summed E-state index contributed by atoms with van der Waals surface area (Å²) >= 11 is 9.52. The Morgan fingerprint density at radius 3 is 2.86 bits per heavy atom. The van der Waals surface area contributed by atoms with E-state index in [4.69, 9.17) is 22.1 Å². The first-order valence-electron chi connectivity index (χ1n) is 6.11. The lowest BCUT2D eigenvalue weighted by molar-refractivity contribution is -0.118. The topological polar surface area (TPSA) is 76.4 Å². The van der Waals surface area contributed by atoms with Crippen molar-refractivity contribution in [2.75, 3.05) is 23.0 Å². The van der Waals surface area contributed by atoms with Gasteiger partial charge in [0.15, 0.2) is 6.61 Å². The first-order valence-corrected chi connectivity index (χ1v) is 7.28. The van der Waals surface area contributed by atoms with Crippen LogP contribution in [0.3, 0.4) is 0 Å². The number of amides is 1. The molecule has 0 atom stereocenters. The first-order chi connectivity index (χ1) is 10.0. The Labute approximate surface area is 134 Å². The Balaban J connectivity index is 1.95. The van der Waals surface area contributed by atoms with Gasteiger partial charge in [-0.15, -0.1) is 0 Å². The zero-order chi connectivity index (χ0) is 15.0. The third-order valence-electron chi connectivity index (χ3n) is 2.99. The molecular formula is C14H11BrClN3O2.